The molecule has 1 atom stereocenters. The predicted molar refractivity (Wildman–Crippen MR) is 105 cm³/mol. The highest BCUT2D eigenvalue weighted by Gasteiger charge is 2.22. The van der Waals surface area contributed by atoms with Crippen molar-refractivity contribution in [1.29, 1.82) is 0 Å². The third-order valence-electron chi connectivity index (χ3n) is 4.43. The zero-order chi connectivity index (χ0) is 20.1. The minimum Gasteiger partial charge on any atom is -0.486 e. The molecule has 1 aliphatic heterocycles. The fourth-order valence-electron chi connectivity index (χ4n) is 3.00. The minimum atomic E-state index is -0.442. The first kappa shape index (κ1) is 19.7. The van der Waals surface area contributed by atoms with Gasteiger partial charge in [0.2, 0.25) is 5.91 Å². The number of nitrogens with one attached hydrogen (secondary N) is 1. The molecule has 148 valence electrons. The molecule has 0 saturated carbocycles. The molecular formula is C21H24N2O5. The number of nitrogens with zero attached hydrogens (tertiary/aromatic N) is 1. The summed E-state index contributed by atoms with van der Waals surface area (Å²) in [5.74, 6) is 0.832. The zero-order valence-corrected chi connectivity index (χ0v) is 16.2. The standard InChI is InChI=1S/C21H24N2O5/c1-14-8-9-15(21(25)26-3)10-17(14)22-20(24)12-23(2)11-16-13-27-18-6-4-5-7-19(18)28-16/h4-10,16H,11-13H2,1-3H3,(H,22,24)/t16-/m0/s1. The molecule has 0 saturated heterocycles. The number of ether oxygens (including phenoxy) is 3. The Morgan fingerprint density at radius 2 is 1.96 bits per heavy atom. The molecule has 1 heterocycles. The molecule has 0 bridgehead atoms. The van der Waals surface area contributed by atoms with Crippen molar-refractivity contribution in [2.24, 2.45) is 0 Å². The van der Waals surface area contributed by atoms with Crippen molar-refractivity contribution in [3.63, 3.8) is 0 Å². The van der Waals surface area contributed by atoms with Gasteiger partial charge < -0.3 is 19.5 Å². The molecule has 7 heteroatoms. The molecule has 1 N–H and O–H groups in total. The minimum absolute atomic E-state index is 0.155. The first-order chi connectivity index (χ1) is 13.5. The third-order valence-corrected chi connectivity index (χ3v) is 4.43. The number of methoxy groups -OCH3 is 1. The second-order valence-electron chi connectivity index (χ2n) is 6.76. The van der Waals surface area contributed by atoms with E-state index in [1.54, 1.807) is 18.2 Å². The van der Waals surface area contributed by atoms with Crippen LogP contribution in [0.25, 0.3) is 0 Å². The van der Waals surface area contributed by atoms with Gasteiger partial charge in [0.05, 0.1) is 19.2 Å². The lowest BCUT2D eigenvalue weighted by molar-refractivity contribution is -0.117. The Kier molecular flexibility index (Phi) is 6.16. The first-order valence-corrected chi connectivity index (χ1v) is 9.02. The Hall–Kier alpha value is -3.06. The molecule has 2 aromatic rings. The number of benzene rings is 2. The molecule has 0 spiro atoms. The van der Waals surface area contributed by atoms with Crippen LogP contribution in [0.5, 0.6) is 11.5 Å². The van der Waals surface area contributed by atoms with E-state index >= 15 is 0 Å². The highest BCUT2D eigenvalue weighted by atomic mass is 16.6. The van der Waals surface area contributed by atoms with E-state index in [-0.39, 0.29) is 18.6 Å². The monoisotopic (exact) mass is 384 g/mol. The normalized spacial score (nSPS) is 15.2. The molecule has 1 aliphatic rings. The fraction of sp³-hybridized carbons (Fsp3) is 0.333. The number of aryl methyl sites for hydroxylation is 1. The lowest BCUT2D eigenvalue weighted by Gasteiger charge is -2.29. The Labute approximate surface area is 164 Å². The number of rotatable bonds is 6. The van der Waals surface area contributed by atoms with Crippen molar-refractivity contribution in [1.82, 2.24) is 4.90 Å². The van der Waals surface area contributed by atoms with Crippen LogP contribution in [0.3, 0.4) is 0 Å². The van der Waals surface area contributed by atoms with Gasteiger partial charge in [0.1, 0.15) is 12.7 Å². The number of hydrogen-bond donors (Lipinski definition) is 1. The van der Waals surface area contributed by atoms with Crippen LogP contribution in [0, 0.1) is 6.92 Å². The number of carbonyl (C=O) groups excluding carboxylic acids is 2. The predicted octanol–water partition coefficient (Wildman–Crippen LogP) is 2.49. The van der Waals surface area contributed by atoms with Crippen LogP contribution < -0.4 is 14.8 Å². The Bertz CT molecular complexity index is 868. The van der Waals surface area contributed by atoms with E-state index in [0.29, 0.717) is 30.2 Å². The summed E-state index contributed by atoms with van der Waals surface area (Å²) in [6, 6.07) is 12.6. The van der Waals surface area contributed by atoms with Crippen molar-refractivity contribution in [2.75, 3.05) is 39.2 Å². The summed E-state index contributed by atoms with van der Waals surface area (Å²) in [6.45, 7) is 3.03. The van der Waals surface area contributed by atoms with Crippen molar-refractivity contribution >= 4 is 17.6 Å². The number of likely N-dealkylation sites (N-methyl/N-ethyl adjacent to an activating group) is 1. The van der Waals surface area contributed by atoms with Crippen LogP contribution in [0.1, 0.15) is 15.9 Å². The van der Waals surface area contributed by atoms with Gasteiger partial charge in [0, 0.05) is 12.2 Å². The summed E-state index contributed by atoms with van der Waals surface area (Å²) in [4.78, 5) is 26.0. The van der Waals surface area contributed by atoms with Crippen LogP contribution in [0.4, 0.5) is 5.69 Å². The van der Waals surface area contributed by atoms with Crippen molar-refractivity contribution in [3.05, 3.63) is 53.6 Å². The molecule has 3 rings (SSSR count). The molecule has 0 aliphatic carbocycles. The van der Waals surface area contributed by atoms with E-state index in [9.17, 15) is 9.59 Å². The van der Waals surface area contributed by atoms with E-state index in [1.165, 1.54) is 7.11 Å². The van der Waals surface area contributed by atoms with Gasteiger partial charge in [-0.05, 0) is 43.8 Å². The smallest absolute Gasteiger partial charge is 0.337 e. The molecule has 1 amide bonds. The number of hydrogen-bond acceptors (Lipinski definition) is 6. The van der Waals surface area contributed by atoms with Crippen molar-refractivity contribution in [3.8, 4) is 11.5 Å². The summed E-state index contributed by atoms with van der Waals surface area (Å²) in [5.41, 5.74) is 1.85. The van der Waals surface area contributed by atoms with Gasteiger partial charge in [-0.1, -0.05) is 18.2 Å². The van der Waals surface area contributed by atoms with E-state index in [2.05, 4.69) is 5.32 Å². The topological polar surface area (TPSA) is 77.1 Å². The molecule has 0 unspecified atom stereocenters. The van der Waals surface area contributed by atoms with Crippen LogP contribution in [-0.4, -0.2) is 56.7 Å². The van der Waals surface area contributed by atoms with Gasteiger partial charge in [-0.3, -0.25) is 9.69 Å². The molecule has 28 heavy (non-hydrogen) atoms. The van der Waals surface area contributed by atoms with Crippen LogP contribution in [0.15, 0.2) is 42.5 Å². The Morgan fingerprint density at radius 3 is 2.71 bits per heavy atom. The van der Waals surface area contributed by atoms with Gasteiger partial charge in [-0.25, -0.2) is 4.79 Å². The zero-order valence-electron chi connectivity index (χ0n) is 16.2. The average Bonchev–Trinajstić information content (AvgIpc) is 2.68. The van der Waals surface area contributed by atoms with Crippen LogP contribution >= 0.6 is 0 Å². The SMILES string of the molecule is COC(=O)c1ccc(C)c(NC(=O)CN(C)C[C@H]2COc3ccccc3O2)c1. The first-order valence-electron chi connectivity index (χ1n) is 9.02. The van der Waals surface area contributed by atoms with Gasteiger partial charge in [-0.15, -0.1) is 0 Å². The van der Waals surface area contributed by atoms with Gasteiger partial charge in [0.25, 0.3) is 0 Å². The number of anilines is 1. The quantitative estimate of drug-likeness (QED) is 0.771. The molecular weight excluding hydrogens is 360 g/mol. The maximum absolute atomic E-state index is 12.4. The lowest BCUT2D eigenvalue weighted by Crippen LogP contribution is -2.42. The highest BCUT2D eigenvalue weighted by molar-refractivity contribution is 5.96. The second kappa shape index (κ2) is 8.75. The molecule has 0 fully saturated rings. The number of fused-ring (bicyclic) bond motifs is 1. The Balaban J connectivity index is 1.54. The van der Waals surface area contributed by atoms with Crippen LogP contribution in [0.2, 0.25) is 0 Å². The van der Waals surface area contributed by atoms with E-state index < -0.39 is 5.97 Å². The van der Waals surface area contributed by atoms with Crippen molar-refractivity contribution in [2.45, 2.75) is 13.0 Å². The third kappa shape index (κ3) is 4.80. The van der Waals surface area contributed by atoms with E-state index in [4.69, 9.17) is 14.2 Å². The highest BCUT2D eigenvalue weighted by Crippen LogP contribution is 2.30. The lowest BCUT2D eigenvalue weighted by atomic mass is 10.1. The number of para-hydroxylation sites is 2. The van der Waals surface area contributed by atoms with E-state index in [1.807, 2.05) is 43.1 Å². The number of carbonyl (C=O) groups is 2. The molecule has 7 nitrogen and oxygen atoms in total. The molecule has 0 radical (unpaired) electrons. The van der Waals surface area contributed by atoms with Gasteiger partial charge >= 0.3 is 5.97 Å². The van der Waals surface area contributed by atoms with E-state index in [0.717, 1.165) is 11.3 Å². The summed E-state index contributed by atoms with van der Waals surface area (Å²) < 4.78 is 16.4. The average molecular weight is 384 g/mol. The van der Waals surface area contributed by atoms with Gasteiger partial charge in [0.15, 0.2) is 11.5 Å². The van der Waals surface area contributed by atoms with Crippen LogP contribution in [-0.2, 0) is 9.53 Å². The Morgan fingerprint density at radius 1 is 1.21 bits per heavy atom. The second-order valence-corrected chi connectivity index (χ2v) is 6.76. The summed E-state index contributed by atoms with van der Waals surface area (Å²) in [5, 5.41) is 2.85. The number of esters is 1. The number of amides is 1. The van der Waals surface area contributed by atoms with Gasteiger partial charge in [-0.2, -0.15) is 0 Å². The molecule has 0 aromatic heterocycles. The summed E-state index contributed by atoms with van der Waals surface area (Å²) >= 11 is 0. The van der Waals surface area contributed by atoms with Crippen molar-refractivity contribution < 1.29 is 23.8 Å². The summed E-state index contributed by atoms with van der Waals surface area (Å²) in [7, 11) is 3.17. The largest absolute Gasteiger partial charge is 0.486 e. The summed E-state index contributed by atoms with van der Waals surface area (Å²) in [6.07, 6.45) is -0.155. The fourth-order valence-corrected chi connectivity index (χ4v) is 3.00. The molecule has 2 aromatic carbocycles. The maximum atomic E-state index is 12.4. The maximum Gasteiger partial charge on any atom is 0.337 e.